The maximum Gasteiger partial charge on any atom is 0.138 e. The third-order valence-corrected chi connectivity index (χ3v) is 3.78. The summed E-state index contributed by atoms with van der Waals surface area (Å²) in [5.74, 6) is 0.834. The van der Waals surface area contributed by atoms with E-state index < -0.39 is 0 Å². The molecule has 0 aliphatic rings. The second-order valence-electron chi connectivity index (χ2n) is 6.48. The summed E-state index contributed by atoms with van der Waals surface area (Å²) < 4.78 is 5.94. The van der Waals surface area contributed by atoms with Crippen LogP contribution in [0.2, 0.25) is 0 Å². The quantitative estimate of drug-likeness (QED) is 0.728. The van der Waals surface area contributed by atoms with Crippen molar-refractivity contribution in [3.8, 4) is 11.1 Å². The van der Waals surface area contributed by atoms with Gasteiger partial charge in [-0.3, -0.25) is 0 Å². The maximum atomic E-state index is 5.94. The Labute approximate surface area is 125 Å². The van der Waals surface area contributed by atoms with Gasteiger partial charge < -0.3 is 10.2 Å². The summed E-state index contributed by atoms with van der Waals surface area (Å²) in [4.78, 5) is 0. The molecule has 0 atom stereocenters. The van der Waals surface area contributed by atoms with E-state index in [1.165, 1.54) is 16.7 Å². The molecule has 3 rings (SSSR count). The predicted molar refractivity (Wildman–Crippen MR) is 88.2 cm³/mol. The van der Waals surface area contributed by atoms with Crippen LogP contribution in [-0.2, 0) is 12.0 Å². The fourth-order valence-corrected chi connectivity index (χ4v) is 2.66. The second-order valence-corrected chi connectivity index (χ2v) is 6.48. The predicted octanol–water partition coefficient (Wildman–Crippen LogP) is 4.86. The Morgan fingerprint density at radius 3 is 2.29 bits per heavy atom. The van der Waals surface area contributed by atoms with Crippen LogP contribution < -0.4 is 5.73 Å². The molecule has 2 N–H and O–H groups in total. The first-order valence-electron chi connectivity index (χ1n) is 7.31. The van der Waals surface area contributed by atoms with E-state index in [1.54, 1.807) is 0 Å². The van der Waals surface area contributed by atoms with E-state index >= 15 is 0 Å². The first-order valence-corrected chi connectivity index (χ1v) is 7.31. The van der Waals surface area contributed by atoms with Crippen LogP contribution in [0.1, 0.15) is 32.1 Å². The van der Waals surface area contributed by atoms with Crippen LogP contribution in [0.25, 0.3) is 22.1 Å². The lowest BCUT2D eigenvalue weighted by molar-refractivity contribution is 0.527. The van der Waals surface area contributed by atoms with E-state index in [0.717, 1.165) is 16.7 Å². The fourth-order valence-electron chi connectivity index (χ4n) is 2.66. The molecule has 1 heterocycles. The van der Waals surface area contributed by atoms with Crippen molar-refractivity contribution >= 4 is 11.0 Å². The molecule has 0 spiro atoms. The van der Waals surface area contributed by atoms with Crippen LogP contribution in [-0.4, -0.2) is 0 Å². The van der Waals surface area contributed by atoms with Gasteiger partial charge in [0.2, 0.25) is 0 Å². The van der Waals surface area contributed by atoms with Crippen molar-refractivity contribution in [1.82, 2.24) is 0 Å². The summed E-state index contributed by atoms with van der Waals surface area (Å²) in [6, 6.07) is 16.9. The number of hydrogen-bond acceptors (Lipinski definition) is 2. The van der Waals surface area contributed by atoms with Crippen molar-refractivity contribution in [1.29, 1.82) is 0 Å². The minimum Gasteiger partial charge on any atom is -0.459 e. The zero-order valence-corrected chi connectivity index (χ0v) is 12.8. The Morgan fingerprint density at radius 2 is 1.67 bits per heavy atom. The minimum absolute atomic E-state index is 0.0206. The van der Waals surface area contributed by atoms with Crippen LogP contribution >= 0.6 is 0 Å². The SMILES string of the molecule is CC(C)(C)c1cc(-c2ccccc2)cc2cc(CN)oc12. The van der Waals surface area contributed by atoms with Crippen LogP contribution in [0.15, 0.2) is 52.9 Å². The first-order chi connectivity index (χ1) is 9.99. The van der Waals surface area contributed by atoms with E-state index in [4.69, 9.17) is 10.2 Å². The number of furan rings is 1. The summed E-state index contributed by atoms with van der Waals surface area (Å²) in [7, 11) is 0. The molecule has 2 nitrogen and oxygen atoms in total. The normalized spacial score (nSPS) is 12.0. The summed E-state index contributed by atoms with van der Waals surface area (Å²) in [6.45, 7) is 7.06. The molecule has 0 bridgehead atoms. The highest BCUT2D eigenvalue weighted by Crippen LogP contribution is 2.36. The third kappa shape index (κ3) is 2.59. The van der Waals surface area contributed by atoms with E-state index in [-0.39, 0.29) is 5.41 Å². The topological polar surface area (TPSA) is 39.2 Å². The van der Waals surface area contributed by atoms with Gasteiger partial charge in [-0.05, 0) is 34.7 Å². The van der Waals surface area contributed by atoms with Crippen molar-refractivity contribution in [2.75, 3.05) is 0 Å². The molecular formula is C19H21NO. The molecule has 0 fully saturated rings. The Hall–Kier alpha value is -2.06. The van der Waals surface area contributed by atoms with Gasteiger partial charge in [0.15, 0.2) is 0 Å². The molecule has 1 aromatic heterocycles. The molecule has 2 aromatic carbocycles. The maximum absolute atomic E-state index is 5.94. The molecular weight excluding hydrogens is 258 g/mol. The van der Waals surface area contributed by atoms with Crippen LogP contribution in [0.3, 0.4) is 0 Å². The summed E-state index contributed by atoms with van der Waals surface area (Å²) >= 11 is 0. The van der Waals surface area contributed by atoms with Crippen molar-refractivity contribution in [2.24, 2.45) is 5.73 Å². The number of hydrogen-bond donors (Lipinski definition) is 1. The number of fused-ring (bicyclic) bond motifs is 1. The largest absolute Gasteiger partial charge is 0.459 e. The van der Waals surface area contributed by atoms with Crippen LogP contribution in [0.4, 0.5) is 0 Å². The lowest BCUT2D eigenvalue weighted by Gasteiger charge is -2.20. The average Bonchev–Trinajstić information content (AvgIpc) is 2.89. The molecule has 0 unspecified atom stereocenters. The first kappa shape index (κ1) is 13.9. The molecule has 0 amide bonds. The second kappa shape index (κ2) is 5.05. The van der Waals surface area contributed by atoms with Gasteiger partial charge >= 0.3 is 0 Å². The zero-order chi connectivity index (χ0) is 15.0. The molecule has 2 heteroatoms. The van der Waals surface area contributed by atoms with E-state index in [2.05, 4.69) is 63.2 Å². The molecule has 0 radical (unpaired) electrons. The highest BCUT2D eigenvalue weighted by Gasteiger charge is 2.21. The number of rotatable bonds is 2. The van der Waals surface area contributed by atoms with E-state index in [1.807, 2.05) is 6.07 Å². The lowest BCUT2D eigenvalue weighted by atomic mass is 9.84. The summed E-state index contributed by atoms with van der Waals surface area (Å²) in [6.07, 6.45) is 0. The third-order valence-electron chi connectivity index (χ3n) is 3.78. The Bertz CT molecular complexity index is 763. The average molecular weight is 279 g/mol. The molecule has 3 aromatic rings. The Kier molecular flexibility index (Phi) is 3.34. The number of benzene rings is 2. The number of nitrogens with two attached hydrogens (primary N) is 1. The smallest absolute Gasteiger partial charge is 0.138 e. The van der Waals surface area contributed by atoms with E-state index in [9.17, 15) is 0 Å². The van der Waals surface area contributed by atoms with Crippen LogP contribution in [0, 0.1) is 0 Å². The summed E-state index contributed by atoms with van der Waals surface area (Å²) in [5.41, 5.74) is 10.4. The van der Waals surface area contributed by atoms with Crippen molar-refractivity contribution in [2.45, 2.75) is 32.7 Å². The van der Waals surface area contributed by atoms with Gasteiger partial charge in [0.1, 0.15) is 11.3 Å². The highest BCUT2D eigenvalue weighted by atomic mass is 16.3. The van der Waals surface area contributed by atoms with Crippen LogP contribution in [0.5, 0.6) is 0 Å². The molecule has 0 saturated heterocycles. The van der Waals surface area contributed by atoms with Crippen molar-refractivity contribution < 1.29 is 4.42 Å². The molecule has 0 aliphatic carbocycles. The Balaban J connectivity index is 2.29. The molecule has 0 aliphatic heterocycles. The van der Waals surface area contributed by atoms with Gasteiger partial charge in [0, 0.05) is 10.9 Å². The highest BCUT2D eigenvalue weighted by molar-refractivity contribution is 5.87. The van der Waals surface area contributed by atoms with Crippen molar-refractivity contribution in [3.63, 3.8) is 0 Å². The van der Waals surface area contributed by atoms with Gasteiger partial charge in [-0.1, -0.05) is 51.1 Å². The molecule has 0 saturated carbocycles. The van der Waals surface area contributed by atoms with E-state index in [0.29, 0.717) is 6.54 Å². The Morgan fingerprint density at radius 1 is 0.952 bits per heavy atom. The zero-order valence-electron chi connectivity index (χ0n) is 12.8. The van der Waals surface area contributed by atoms with Gasteiger partial charge in [-0.2, -0.15) is 0 Å². The van der Waals surface area contributed by atoms with Gasteiger partial charge in [0.05, 0.1) is 6.54 Å². The molecule has 21 heavy (non-hydrogen) atoms. The van der Waals surface area contributed by atoms with Gasteiger partial charge in [0.25, 0.3) is 0 Å². The van der Waals surface area contributed by atoms with Gasteiger partial charge in [-0.25, -0.2) is 0 Å². The van der Waals surface area contributed by atoms with Gasteiger partial charge in [-0.15, -0.1) is 0 Å². The summed E-state index contributed by atoms with van der Waals surface area (Å²) in [5, 5.41) is 1.13. The fraction of sp³-hybridized carbons (Fsp3) is 0.263. The monoisotopic (exact) mass is 279 g/mol. The molecule has 108 valence electrons. The lowest BCUT2D eigenvalue weighted by Crippen LogP contribution is -2.11. The van der Waals surface area contributed by atoms with Crippen molar-refractivity contribution in [3.05, 3.63) is 59.9 Å². The standard InChI is InChI=1S/C19H21NO/c1-19(2,3)17-11-14(13-7-5-4-6-8-13)9-15-10-16(12-20)21-18(15)17/h4-11H,12,20H2,1-3H3. The minimum atomic E-state index is 0.0206.